The van der Waals surface area contributed by atoms with Crippen LogP contribution in [-0.4, -0.2) is 38.9 Å². The highest BCUT2D eigenvalue weighted by Crippen LogP contribution is 2.14. The van der Waals surface area contributed by atoms with Gasteiger partial charge in [0.15, 0.2) is 0 Å². The largest absolute Gasteiger partial charge is 0.314 e. The second kappa shape index (κ2) is 7.08. The fourth-order valence-corrected chi connectivity index (χ4v) is 2.97. The van der Waals surface area contributed by atoms with Crippen LogP contribution in [0.15, 0.2) is 16.8 Å². The highest BCUT2D eigenvalue weighted by atomic mass is 32.2. The summed E-state index contributed by atoms with van der Waals surface area (Å²) in [6.45, 7) is 5.45. The van der Waals surface area contributed by atoms with Crippen molar-refractivity contribution in [3.63, 3.8) is 0 Å². The summed E-state index contributed by atoms with van der Waals surface area (Å²) in [6, 6.07) is 2.17. The molecule has 1 rings (SSSR count). The van der Waals surface area contributed by atoms with Gasteiger partial charge in [0.25, 0.3) is 0 Å². The number of anilines is 1. The van der Waals surface area contributed by atoms with Gasteiger partial charge >= 0.3 is 10.2 Å². The van der Waals surface area contributed by atoms with Gasteiger partial charge in [0.1, 0.15) is 0 Å². The van der Waals surface area contributed by atoms with Crippen LogP contribution in [0, 0.1) is 0 Å². The topological polar surface area (TPSA) is 61.4 Å². The van der Waals surface area contributed by atoms with E-state index in [4.69, 9.17) is 0 Å². The van der Waals surface area contributed by atoms with Gasteiger partial charge in [-0.2, -0.15) is 24.1 Å². The van der Waals surface area contributed by atoms with Gasteiger partial charge < -0.3 is 5.32 Å². The van der Waals surface area contributed by atoms with Crippen LogP contribution in [0.5, 0.6) is 0 Å². The summed E-state index contributed by atoms with van der Waals surface area (Å²) in [5.74, 6) is 0. The molecule has 0 aliphatic carbocycles. The molecule has 5 nitrogen and oxygen atoms in total. The maximum Gasteiger partial charge on any atom is 0.301 e. The van der Waals surface area contributed by atoms with Gasteiger partial charge in [-0.25, -0.2) is 0 Å². The van der Waals surface area contributed by atoms with Gasteiger partial charge in [0, 0.05) is 25.0 Å². The third kappa shape index (κ3) is 5.34. The molecule has 1 aromatic heterocycles. The highest BCUT2D eigenvalue weighted by Gasteiger charge is 2.16. The van der Waals surface area contributed by atoms with Crippen LogP contribution in [0.1, 0.15) is 20.3 Å². The van der Waals surface area contributed by atoms with Crippen LogP contribution in [0.3, 0.4) is 0 Å². The van der Waals surface area contributed by atoms with Crippen molar-refractivity contribution in [3.05, 3.63) is 16.8 Å². The Balaban J connectivity index is 2.37. The van der Waals surface area contributed by atoms with E-state index in [1.807, 2.05) is 5.38 Å². The lowest BCUT2D eigenvalue weighted by molar-refractivity contribution is 0.451. The molecule has 0 amide bonds. The van der Waals surface area contributed by atoms with Crippen molar-refractivity contribution in [1.29, 1.82) is 0 Å². The second-order valence-corrected chi connectivity index (χ2v) is 6.96. The monoisotopic (exact) mass is 291 g/mol. The quantitative estimate of drug-likeness (QED) is 0.717. The van der Waals surface area contributed by atoms with E-state index in [1.165, 1.54) is 15.6 Å². The molecule has 0 aromatic carbocycles. The van der Waals surface area contributed by atoms with E-state index in [0.29, 0.717) is 18.3 Å². The minimum atomic E-state index is -3.42. The van der Waals surface area contributed by atoms with Gasteiger partial charge in [-0.1, -0.05) is 13.8 Å². The Morgan fingerprint density at radius 2 is 2.17 bits per heavy atom. The van der Waals surface area contributed by atoms with Gasteiger partial charge in [0.2, 0.25) is 0 Å². The number of rotatable bonds is 8. The number of hydrogen-bond donors (Lipinski definition) is 2. The molecule has 0 saturated heterocycles. The van der Waals surface area contributed by atoms with E-state index in [-0.39, 0.29) is 0 Å². The molecule has 0 aliphatic rings. The Morgan fingerprint density at radius 1 is 1.44 bits per heavy atom. The van der Waals surface area contributed by atoms with Crippen molar-refractivity contribution in [1.82, 2.24) is 9.62 Å². The summed E-state index contributed by atoms with van der Waals surface area (Å²) < 4.78 is 27.7. The zero-order valence-corrected chi connectivity index (χ0v) is 12.6. The molecule has 0 unspecified atom stereocenters. The first-order valence-corrected chi connectivity index (χ1v) is 8.30. The Morgan fingerprint density at radius 3 is 2.72 bits per heavy atom. The van der Waals surface area contributed by atoms with Crippen LogP contribution >= 0.6 is 11.3 Å². The molecular weight excluding hydrogens is 270 g/mol. The third-order valence-corrected chi connectivity index (χ3v) is 4.56. The van der Waals surface area contributed by atoms with Crippen molar-refractivity contribution in [2.24, 2.45) is 0 Å². The molecule has 0 radical (unpaired) electrons. The molecule has 1 aromatic rings. The van der Waals surface area contributed by atoms with Crippen LogP contribution < -0.4 is 10.0 Å². The number of hydrogen-bond acceptors (Lipinski definition) is 4. The predicted molar refractivity (Wildman–Crippen MR) is 77.2 cm³/mol. The Bertz CT molecular complexity index is 429. The molecule has 0 atom stereocenters. The second-order valence-electron chi connectivity index (χ2n) is 4.40. The summed E-state index contributed by atoms with van der Waals surface area (Å²) in [5.41, 5.74) is 0.618. The van der Waals surface area contributed by atoms with Crippen molar-refractivity contribution < 1.29 is 8.42 Å². The minimum Gasteiger partial charge on any atom is -0.314 e. The first kappa shape index (κ1) is 15.4. The van der Waals surface area contributed by atoms with E-state index in [1.54, 1.807) is 18.5 Å². The molecule has 0 saturated carbocycles. The molecule has 0 aliphatic heterocycles. The van der Waals surface area contributed by atoms with Crippen LogP contribution in [0.2, 0.25) is 0 Å². The van der Waals surface area contributed by atoms with Crippen LogP contribution in [0.25, 0.3) is 0 Å². The summed E-state index contributed by atoms with van der Waals surface area (Å²) >= 11 is 1.46. The summed E-state index contributed by atoms with van der Waals surface area (Å²) in [7, 11) is -1.83. The lowest BCUT2D eigenvalue weighted by atomic mass is 10.3. The Labute approximate surface area is 113 Å². The molecular formula is C11H21N3O2S2. The fourth-order valence-electron chi connectivity index (χ4n) is 1.36. The van der Waals surface area contributed by atoms with Crippen molar-refractivity contribution >= 4 is 27.2 Å². The molecule has 1 heterocycles. The zero-order chi connectivity index (χ0) is 13.6. The SMILES string of the molecule is CC(C)NCCCN(C)S(=O)(=O)Nc1ccsc1. The van der Waals surface area contributed by atoms with Crippen LogP contribution in [-0.2, 0) is 10.2 Å². The average Bonchev–Trinajstić information content (AvgIpc) is 2.75. The van der Waals surface area contributed by atoms with Crippen molar-refractivity contribution in [2.45, 2.75) is 26.3 Å². The molecule has 104 valence electrons. The van der Waals surface area contributed by atoms with E-state index in [2.05, 4.69) is 23.9 Å². The summed E-state index contributed by atoms with van der Waals surface area (Å²) in [5, 5.41) is 6.86. The van der Waals surface area contributed by atoms with Gasteiger partial charge in [-0.3, -0.25) is 4.72 Å². The molecule has 7 heteroatoms. The van der Waals surface area contributed by atoms with Gasteiger partial charge in [-0.15, -0.1) is 0 Å². The smallest absolute Gasteiger partial charge is 0.301 e. The molecule has 0 bridgehead atoms. The van der Waals surface area contributed by atoms with E-state index in [9.17, 15) is 8.42 Å². The summed E-state index contributed by atoms with van der Waals surface area (Å²) in [4.78, 5) is 0. The van der Waals surface area contributed by atoms with Gasteiger partial charge in [0.05, 0.1) is 5.69 Å². The number of nitrogens with one attached hydrogen (secondary N) is 2. The fraction of sp³-hybridized carbons (Fsp3) is 0.636. The lowest BCUT2D eigenvalue weighted by Gasteiger charge is -2.18. The first-order chi connectivity index (χ1) is 8.42. The van der Waals surface area contributed by atoms with Crippen LogP contribution in [0.4, 0.5) is 5.69 Å². The average molecular weight is 291 g/mol. The molecule has 0 fully saturated rings. The molecule has 0 spiro atoms. The standard InChI is InChI=1S/C11H21N3O2S2/c1-10(2)12-6-4-7-14(3)18(15,16)13-11-5-8-17-9-11/h5,8-10,12-13H,4,6-7H2,1-3H3. The first-order valence-electron chi connectivity index (χ1n) is 5.91. The van der Waals surface area contributed by atoms with Gasteiger partial charge in [-0.05, 0) is 24.4 Å². The lowest BCUT2D eigenvalue weighted by Crippen LogP contribution is -2.35. The van der Waals surface area contributed by atoms with Crippen molar-refractivity contribution in [3.8, 4) is 0 Å². The Kier molecular flexibility index (Phi) is 6.07. The number of thiophene rings is 1. The highest BCUT2D eigenvalue weighted by molar-refractivity contribution is 7.90. The van der Waals surface area contributed by atoms with Crippen molar-refractivity contribution in [2.75, 3.05) is 24.9 Å². The minimum absolute atomic E-state index is 0.427. The number of nitrogens with zero attached hydrogens (tertiary/aromatic N) is 1. The molecule has 2 N–H and O–H groups in total. The maximum atomic E-state index is 11.9. The molecule has 18 heavy (non-hydrogen) atoms. The summed E-state index contributed by atoms with van der Waals surface area (Å²) in [6.07, 6.45) is 0.791. The zero-order valence-electron chi connectivity index (χ0n) is 11.0. The van der Waals surface area contributed by atoms with E-state index >= 15 is 0 Å². The van der Waals surface area contributed by atoms with E-state index < -0.39 is 10.2 Å². The predicted octanol–water partition coefficient (Wildman–Crippen LogP) is 1.72. The Hall–Kier alpha value is -0.630. The third-order valence-electron chi connectivity index (χ3n) is 2.38. The maximum absolute atomic E-state index is 11.9. The normalized spacial score (nSPS) is 12.3. The van der Waals surface area contributed by atoms with E-state index in [0.717, 1.165) is 13.0 Å².